The first-order chi connectivity index (χ1) is 9.35. The third-order valence-corrected chi connectivity index (χ3v) is 3.69. The Hall–Kier alpha value is -1.46. The van der Waals surface area contributed by atoms with Gasteiger partial charge in [0.15, 0.2) is 5.65 Å². The van der Waals surface area contributed by atoms with Crippen LogP contribution in [0.5, 0.6) is 0 Å². The SMILES string of the molecule is CC1(C)CN(Cc2cnc3cnccn23)CC(C)(C)N1. The monoisotopic (exact) mass is 273 g/mol. The smallest absolute Gasteiger partial charge is 0.155 e. The van der Waals surface area contributed by atoms with E-state index in [0.717, 1.165) is 25.3 Å². The number of fused-ring (bicyclic) bond motifs is 1. The van der Waals surface area contributed by atoms with Crippen LogP contribution < -0.4 is 5.32 Å². The van der Waals surface area contributed by atoms with Gasteiger partial charge in [-0.15, -0.1) is 0 Å². The maximum Gasteiger partial charge on any atom is 0.155 e. The maximum absolute atomic E-state index is 4.42. The summed E-state index contributed by atoms with van der Waals surface area (Å²) < 4.78 is 2.12. The minimum Gasteiger partial charge on any atom is -0.304 e. The van der Waals surface area contributed by atoms with E-state index in [0.29, 0.717) is 0 Å². The number of aromatic nitrogens is 3. The quantitative estimate of drug-likeness (QED) is 0.904. The van der Waals surface area contributed by atoms with Gasteiger partial charge in [0.05, 0.1) is 18.1 Å². The van der Waals surface area contributed by atoms with Crippen LogP contribution in [-0.2, 0) is 6.54 Å². The van der Waals surface area contributed by atoms with Crippen LogP contribution in [0.2, 0.25) is 0 Å². The van der Waals surface area contributed by atoms with Gasteiger partial charge >= 0.3 is 0 Å². The van der Waals surface area contributed by atoms with E-state index in [-0.39, 0.29) is 11.1 Å². The van der Waals surface area contributed by atoms with E-state index >= 15 is 0 Å². The molecule has 3 heterocycles. The lowest BCUT2D eigenvalue weighted by atomic mass is 9.91. The summed E-state index contributed by atoms with van der Waals surface area (Å²) in [5, 5.41) is 3.70. The third-order valence-electron chi connectivity index (χ3n) is 3.69. The van der Waals surface area contributed by atoms with Gasteiger partial charge in [-0.25, -0.2) is 4.98 Å². The molecule has 20 heavy (non-hydrogen) atoms. The fraction of sp³-hybridized carbons (Fsp3) is 0.600. The third kappa shape index (κ3) is 2.69. The van der Waals surface area contributed by atoms with Crippen molar-refractivity contribution >= 4 is 5.65 Å². The van der Waals surface area contributed by atoms with E-state index in [1.165, 1.54) is 5.69 Å². The Labute approximate surface area is 120 Å². The Bertz CT molecular complexity index is 598. The lowest BCUT2D eigenvalue weighted by Crippen LogP contribution is -2.66. The predicted molar refractivity (Wildman–Crippen MR) is 79.6 cm³/mol. The van der Waals surface area contributed by atoms with Crippen LogP contribution in [-0.4, -0.2) is 43.4 Å². The number of nitrogens with zero attached hydrogens (tertiary/aromatic N) is 4. The summed E-state index contributed by atoms with van der Waals surface area (Å²) in [6, 6.07) is 0. The number of hydrogen-bond donors (Lipinski definition) is 1. The van der Waals surface area contributed by atoms with Gasteiger partial charge in [0.25, 0.3) is 0 Å². The van der Waals surface area contributed by atoms with Gasteiger partial charge in [0, 0.05) is 43.1 Å². The molecule has 0 atom stereocenters. The molecule has 1 aliphatic heterocycles. The molecule has 1 saturated heterocycles. The van der Waals surface area contributed by atoms with Crippen LogP contribution in [0.15, 0.2) is 24.8 Å². The van der Waals surface area contributed by atoms with Crippen LogP contribution in [0, 0.1) is 0 Å². The van der Waals surface area contributed by atoms with Crippen molar-refractivity contribution in [2.45, 2.75) is 45.3 Å². The summed E-state index contributed by atoms with van der Waals surface area (Å²) in [4.78, 5) is 11.0. The van der Waals surface area contributed by atoms with Gasteiger partial charge in [-0.05, 0) is 27.7 Å². The fourth-order valence-corrected chi connectivity index (χ4v) is 3.52. The number of piperazine rings is 1. The largest absolute Gasteiger partial charge is 0.304 e. The summed E-state index contributed by atoms with van der Waals surface area (Å²) in [6.45, 7) is 12.0. The zero-order valence-corrected chi connectivity index (χ0v) is 12.7. The molecule has 0 saturated carbocycles. The molecule has 0 aliphatic carbocycles. The molecule has 5 heteroatoms. The minimum absolute atomic E-state index is 0.129. The van der Waals surface area contributed by atoms with Crippen molar-refractivity contribution in [2.75, 3.05) is 13.1 Å². The van der Waals surface area contributed by atoms with E-state index in [1.54, 1.807) is 6.20 Å². The van der Waals surface area contributed by atoms with Crippen molar-refractivity contribution in [1.29, 1.82) is 0 Å². The molecule has 3 rings (SSSR count). The zero-order chi connectivity index (χ0) is 14.4. The van der Waals surface area contributed by atoms with Crippen molar-refractivity contribution in [1.82, 2.24) is 24.6 Å². The van der Waals surface area contributed by atoms with Crippen molar-refractivity contribution in [3.8, 4) is 0 Å². The molecule has 1 fully saturated rings. The molecule has 108 valence electrons. The minimum atomic E-state index is 0.129. The maximum atomic E-state index is 4.42. The molecule has 0 radical (unpaired) electrons. The predicted octanol–water partition coefficient (Wildman–Crippen LogP) is 1.69. The first-order valence-electron chi connectivity index (χ1n) is 7.12. The van der Waals surface area contributed by atoms with Crippen molar-refractivity contribution in [2.24, 2.45) is 0 Å². The van der Waals surface area contributed by atoms with Gasteiger partial charge < -0.3 is 5.32 Å². The first kappa shape index (κ1) is 13.5. The Morgan fingerprint density at radius 2 is 1.85 bits per heavy atom. The molecule has 0 aromatic carbocycles. The number of nitrogens with one attached hydrogen (secondary N) is 1. The molecule has 0 bridgehead atoms. The summed E-state index contributed by atoms with van der Waals surface area (Å²) >= 11 is 0. The Morgan fingerprint density at radius 3 is 2.55 bits per heavy atom. The summed E-state index contributed by atoms with van der Waals surface area (Å²) in [5.41, 5.74) is 2.39. The highest BCUT2D eigenvalue weighted by atomic mass is 15.3. The van der Waals surface area contributed by atoms with E-state index < -0.39 is 0 Å². The molecule has 0 amide bonds. The van der Waals surface area contributed by atoms with E-state index in [1.807, 2.05) is 18.6 Å². The number of imidazole rings is 1. The van der Waals surface area contributed by atoms with Crippen molar-refractivity contribution < 1.29 is 0 Å². The molecule has 0 spiro atoms. The van der Waals surface area contributed by atoms with Crippen LogP contribution in [0.3, 0.4) is 0 Å². The highest BCUT2D eigenvalue weighted by Crippen LogP contribution is 2.22. The fourth-order valence-electron chi connectivity index (χ4n) is 3.52. The second-order valence-electron chi connectivity index (χ2n) is 7.09. The van der Waals surface area contributed by atoms with E-state index in [2.05, 4.69) is 52.3 Å². The van der Waals surface area contributed by atoms with Crippen LogP contribution in [0.25, 0.3) is 5.65 Å². The molecular formula is C15H23N5. The van der Waals surface area contributed by atoms with Crippen molar-refractivity contribution in [3.05, 3.63) is 30.5 Å². The molecule has 1 aliphatic rings. The topological polar surface area (TPSA) is 45.5 Å². The van der Waals surface area contributed by atoms with Crippen LogP contribution in [0.4, 0.5) is 0 Å². The van der Waals surface area contributed by atoms with Crippen LogP contribution in [0.1, 0.15) is 33.4 Å². The van der Waals surface area contributed by atoms with E-state index in [9.17, 15) is 0 Å². The molecule has 2 aromatic heterocycles. The van der Waals surface area contributed by atoms with Gasteiger partial charge in [-0.1, -0.05) is 0 Å². The summed E-state index contributed by atoms with van der Waals surface area (Å²) in [5.74, 6) is 0. The molecule has 1 N–H and O–H groups in total. The highest BCUT2D eigenvalue weighted by molar-refractivity contribution is 5.36. The molecule has 5 nitrogen and oxygen atoms in total. The zero-order valence-electron chi connectivity index (χ0n) is 12.7. The van der Waals surface area contributed by atoms with Gasteiger partial charge in [0.2, 0.25) is 0 Å². The highest BCUT2D eigenvalue weighted by Gasteiger charge is 2.36. The second kappa shape index (κ2) is 4.53. The molecular weight excluding hydrogens is 250 g/mol. The van der Waals surface area contributed by atoms with Crippen LogP contribution >= 0.6 is 0 Å². The summed E-state index contributed by atoms with van der Waals surface area (Å²) in [6.07, 6.45) is 7.55. The number of hydrogen-bond acceptors (Lipinski definition) is 4. The van der Waals surface area contributed by atoms with Gasteiger partial charge in [0.1, 0.15) is 0 Å². The molecule has 2 aromatic rings. The lowest BCUT2D eigenvalue weighted by Gasteiger charge is -2.48. The van der Waals surface area contributed by atoms with Gasteiger partial charge in [-0.2, -0.15) is 0 Å². The van der Waals surface area contributed by atoms with Crippen molar-refractivity contribution in [3.63, 3.8) is 0 Å². The van der Waals surface area contributed by atoms with E-state index in [4.69, 9.17) is 0 Å². The standard InChI is InChI=1S/C15H23N5/c1-14(2)10-19(11-15(3,4)18-14)9-12-7-17-13-8-16-5-6-20(12)13/h5-8,18H,9-11H2,1-4H3. The first-order valence-corrected chi connectivity index (χ1v) is 7.12. The average Bonchev–Trinajstić information content (AvgIpc) is 2.69. The average molecular weight is 273 g/mol. The Morgan fingerprint density at radius 1 is 1.15 bits per heavy atom. The molecule has 0 unspecified atom stereocenters. The second-order valence-corrected chi connectivity index (χ2v) is 7.09. The van der Waals surface area contributed by atoms with Gasteiger partial charge in [-0.3, -0.25) is 14.3 Å². The number of rotatable bonds is 2. The lowest BCUT2D eigenvalue weighted by molar-refractivity contribution is 0.0718. The summed E-state index contributed by atoms with van der Waals surface area (Å²) in [7, 11) is 0. The Balaban J connectivity index is 1.84. The Kier molecular flexibility index (Phi) is 3.06. The normalized spacial score (nSPS) is 22.2.